The third-order valence-corrected chi connectivity index (χ3v) is 6.22. The van der Waals surface area contributed by atoms with Gasteiger partial charge in [0.25, 0.3) is 0 Å². The minimum absolute atomic E-state index is 0.0173. The van der Waals surface area contributed by atoms with Crippen molar-refractivity contribution < 1.29 is 14.3 Å². The van der Waals surface area contributed by atoms with Gasteiger partial charge in [0.15, 0.2) is 0 Å². The molecular formula is C28H42N4O3. The number of nitrogens with zero attached hydrogens (tertiary/aromatic N) is 2. The van der Waals surface area contributed by atoms with Crippen LogP contribution < -0.4 is 10.6 Å². The number of amides is 2. The van der Waals surface area contributed by atoms with Gasteiger partial charge in [-0.3, -0.25) is 19.4 Å². The van der Waals surface area contributed by atoms with Crippen molar-refractivity contribution in [3.8, 4) is 0 Å². The fraction of sp³-hybridized carbons (Fsp3) is 0.500. The standard InChI is InChI=1S/C28H42N4O3/c1-7-31(19-25(33)29-27-21(3)11-9-12-22(27)4)15-17-35-18-16-32(8-2)20-26(34)30-28-23(5)13-10-14-24(28)6/h9-14H,7-8,15-20H2,1-6H3,(H,29,33)(H,30,34). The van der Waals surface area contributed by atoms with Crippen molar-refractivity contribution in [2.24, 2.45) is 0 Å². The molecule has 0 fully saturated rings. The van der Waals surface area contributed by atoms with E-state index in [2.05, 4.69) is 20.4 Å². The third-order valence-electron chi connectivity index (χ3n) is 6.22. The molecule has 0 saturated carbocycles. The van der Waals surface area contributed by atoms with Crippen LogP contribution >= 0.6 is 0 Å². The number of carbonyl (C=O) groups is 2. The van der Waals surface area contributed by atoms with Crippen LogP contribution in [0.4, 0.5) is 11.4 Å². The van der Waals surface area contributed by atoms with E-state index in [1.807, 2.05) is 77.9 Å². The Kier molecular flexibility index (Phi) is 11.9. The Hall–Kier alpha value is -2.74. The minimum Gasteiger partial charge on any atom is -0.379 e. The lowest BCUT2D eigenvalue weighted by Crippen LogP contribution is -2.37. The Morgan fingerprint density at radius 1 is 0.686 bits per heavy atom. The molecule has 2 amide bonds. The highest BCUT2D eigenvalue weighted by molar-refractivity contribution is 5.94. The molecule has 0 atom stereocenters. The van der Waals surface area contributed by atoms with Gasteiger partial charge in [-0.2, -0.15) is 0 Å². The SMILES string of the molecule is CCN(CCOCCN(CC)CC(=O)Nc1c(C)cccc1C)CC(=O)Nc1c(C)cccc1C. The Balaban J connectivity index is 1.70. The van der Waals surface area contributed by atoms with E-state index in [1.165, 1.54) is 0 Å². The summed E-state index contributed by atoms with van der Waals surface area (Å²) in [5, 5.41) is 6.09. The number of anilines is 2. The van der Waals surface area contributed by atoms with Crippen LogP contribution in [0.1, 0.15) is 36.1 Å². The van der Waals surface area contributed by atoms with Gasteiger partial charge in [0.1, 0.15) is 0 Å². The van der Waals surface area contributed by atoms with Gasteiger partial charge in [-0.05, 0) is 63.0 Å². The summed E-state index contributed by atoms with van der Waals surface area (Å²) in [4.78, 5) is 29.2. The van der Waals surface area contributed by atoms with Crippen LogP contribution in [0.3, 0.4) is 0 Å². The van der Waals surface area contributed by atoms with Gasteiger partial charge >= 0.3 is 0 Å². The van der Waals surface area contributed by atoms with Crippen LogP contribution in [0.25, 0.3) is 0 Å². The molecule has 7 heteroatoms. The summed E-state index contributed by atoms with van der Waals surface area (Å²) in [6, 6.07) is 12.0. The van der Waals surface area contributed by atoms with Gasteiger partial charge in [0, 0.05) is 24.5 Å². The zero-order valence-electron chi connectivity index (χ0n) is 22.2. The maximum absolute atomic E-state index is 12.5. The molecule has 2 aromatic carbocycles. The van der Waals surface area contributed by atoms with Crippen molar-refractivity contribution in [1.29, 1.82) is 0 Å². The summed E-state index contributed by atoms with van der Waals surface area (Å²) in [5.74, 6) is -0.0346. The van der Waals surface area contributed by atoms with Gasteiger partial charge in [0.2, 0.25) is 11.8 Å². The van der Waals surface area contributed by atoms with Crippen LogP contribution in [0.5, 0.6) is 0 Å². The number of likely N-dealkylation sites (N-methyl/N-ethyl adjacent to an activating group) is 2. The van der Waals surface area contributed by atoms with Crippen LogP contribution in [0, 0.1) is 27.7 Å². The van der Waals surface area contributed by atoms with Crippen LogP contribution in [0.15, 0.2) is 36.4 Å². The fourth-order valence-electron chi connectivity index (χ4n) is 3.97. The van der Waals surface area contributed by atoms with E-state index < -0.39 is 0 Å². The molecule has 2 aromatic rings. The largest absolute Gasteiger partial charge is 0.379 e. The summed E-state index contributed by atoms with van der Waals surface area (Å²) in [7, 11) is 0. The maximum atomic E-state index is 12.5. The molecule has 2 rings (SSSR count). The number of hydrogen-bond acceptors (Lipinski definition) is 5. The Morgan fingerprint density at radius 3 is 1.34 bits per heavy atom. The van der Waals surface area contributed by atoms with Gasteiger partial charge in [-0.25, -0.2) is 0 Å². The quantitative estimate of drug-likeness (QED) is 0.396. The molecule has 192 valence electrons. The van der Waals surface area contributed by atoms with Gasteiger partial charge in [0.05, 0.1) is 26.3 Å². The third kappa shape index (κ3) is 9.43. The van der Waals surface area contributed by atoms with E-state index in [9.17, 15) is 9.59 Å². The first-order valence-corrected chi connectivity index (χ1v) is 12.5. The van der Waals surface area contributed by atoms with Crippen molar-refractivity contribution in [2.45, 2.75) is 41.5 Å². The molecule has 0 aliphatic rings. The zero-order chi connectivity index (χ0) is 25.8. The number of ether oxygens (including phenoxy) is 1. The van der Waals surface area contributed by atoms with Crippen LogP contribution in [0.2, 0.25) is 0 Å². The predicted molar refractivity (Wildman–Crippen MR) is 144 cm³/mol. The highest BCUT2D eigenvalue weighted by Crippen LogP contribution is 2.20. The average Bonchev–Trinajstić information content (AvgIpc) is 2.82. The molecule has 2 N–H and O–H groups in total. The van der Waals surface area contributed by atoms with Crippen molar-refractivity contribution in [3.05, 3.63) is 58.7 Å². The van der Waals surface area contributed by atoms with Crippen molar-refractivity contribution in [3.63, 3.8) is 0 Å². The molecule has 35 heavy (non-hydrogen) atoms. The zero-order valence-corrected chi connectivity index (χ0v) is 22.2. The second kappa shape index (κ2) is 14.6. The fourth-order valence-corrected chi connectivity index (χ4v) is 3.97. The highest BCUT2D eigenvalue weighted by atomic mass is 16.5. The molecule has 0 spiro atoms. The molecule has 0 aromatic heterocycles. The molecular weight excluding hydrogens is 440 g/mol. The number of benzene rings is 2. The number of carbonyl (C=O) groups excluding carboxylic acids is 2. The van der Waals surface area contributed by atoms with Crippen molar-refractivity contribution in [2.75, 3.05) is 63.1 Å². The highest BCUT2D eigenvalue weighted by Gasteiger charge is 2.13. The molecule has 0 radical (unpaired) electrons. The van der Waals surface area contributed by atoms with E-state index in [-0.39, 0.29) is 11.8 Å². The van der Waals surface area contributed by atoms with E-state index in [1.54, 1.807) is 0 Å². The summed E-state index contributed by atoms with van der Waals surface area (Å²) in [6.45, 7) is 16.7. The number of para-hydroxylation sites is 2. The summed E-state index contributed by atoms with van der Waals surface area (Å²) < 4.78 is 5.83. The maximum Gasteiger partial charge on any atom is 0.238 e. The molecule has 0 unspecified atom stereocenters. The normalized spacial score (nSPS) is 11.2. The Morgan fingerprint density at radius 2 is 1.03 bits per heavy atom. The number of aryl methyl sites for hydroxylation is 4. The van der Waals surface area contributed by atoms with Crippen LogP contribution in [-0.2, 0) is 14.3 Å². The number of rotatable bonds is 14. The van der Waals surface area contributed by atoms with E-state index in [0.717, 1.165) is 46.7 Å². The van der Waals surface area contributed by atoms with Gasteiger partial charge < -0.3 is 15.4 Å². The molecule has 7 nitrogen and oxygen atoms in total. The molecule has 0 bridgehead atoms. The smallest absolute Gasteiger partial charge is 0.238 e. The molecule has 0 aliphatic heterocycles. The van der Waals surface area contributed by atoms with Crippen molar-refractivity contribution in [1.82, 2.24) is 9.80 Å². The average molecular weight is 483 g/mol. The first-order valence-electron chi connectivity index (χ1n) is 12.5. The lowest BCUT2D eigenvalue weighted by atomic mass is 10.1. The lowest BCUT2D eigenvalue weighted by molar-refractivity contribution is -0.118. The predicted octanol–water partition coefficient (Wildman–Crippen LogP) is 4.16. The summed E-state index contributed by atoms with van der Waals surface area (Å²) >= 11 is 0. The Bertz CT molecular complexity index is 859. The second-order valence-electron chi connectivity index (χ2n) is 8.98. The summed E-state index contributed by atoms with van der Waals surface area (Å²) in [5.41, 5.74) is 6.04. The summed E-state index contributed by atoms with van der Waals surface area (Å²) in [6.07, 6.45) is 0. The minimum atomic E-state index is -0.0173. The first-order chi connectivity index (χ1) is 16.7. The van der Waals surface area contributed by atoms with Crippen molar-refractivity contribution >= 4 is 23.2 Å². The topological polar surface area (TPSA) is 73.9 Å². The van der Waals surface area contributed by atoms with E-state index in [4.69, 9.17) is 4.74 Å². The Labute approximate surface area is 210 Å². The monoisotopic (exact) mass is 482 g/mol. The lowest BCUT2D eigenvalue weighted by Gasteiger charge is -2.22. The van der Waals surface area contributed by atoms with E-state index in [0.29, 0.717) is 39.4 Å². The van der Waals surface area contributed by atoms with Crippen LogP contribution in [-0.4, -0.2) is 74.1 Å². The number of nitrogens with one attached hydrogen (secondary N) is 2. The van der Waals surface area contributed by atoms with Gasteiger partial charge in [-0.1, -0.05) is 50.2 Å². The number of hydrogen-bond donors (Lipinski definition) is 2. The first kappa shape index (κ1) is 28.5. The van der Waals surface area contributed by atoms with Gasteiger partial charge in [-0.15, -0.1) is 0 Å². The second-order valence-corrected chi connectivity index (χ2v) is 8.98. The molecule has 0 aliphatic carbocycles. The molecule has 0 saturated heterocycles. The van der Waals surface area contributed by atoms with E-state index >= 15 is 0 Å². The molecule has 0 heterocycles.